The van der Waals surface area contributed by atoms with Crippen molar-refractivity contribution in [3.05, 3.63) is 41.7 Å². The monoisotopic (exact) mass is 339 g/mol. The van der Waals surface area contributed by atoms with Gasteiger partial charge in [0, 0.05) is 37.8 Å². The summed E-state index contributed by atoms with van der Waals surface area (Å²) in [4.78, 5) is 13.4. The van der Waals surface area contributed by atoms with E-state index in [0.717, 1.165) is 56.6 Å². The fourth-order valence-corrected chi connectivity index (χ4v) is 3.00. The number of rotatable bonds is 3. The van der Waals surface area contributed by atoms with Crippen LogP contribution in [0.3, 0.4) is 0 Å². The van der Waals surface area contributed by atoms with E-state index in [1.807, 2.05) is 18.3 Å². The SMILES string of the molecule is CC(C)(C)c1cnc(CN2CCCN(c3ncccc3C#N)CC2)o1. The Morgan fingerprint density at radius 3 is 2.76 bits per heavy atom. The Labute approximate surface area is 149 Å². The Balaban J connectivity index is 1.64. The molecule has 25 heavy (non-hydrogen) atoms. The molecular formula is C19H25N5O. The van der Waals surface area contributed by atoms with Gasteiger partial charge in [-0.05, 0) is 18.6 Å². The molecule has 0 atom stereocenters. The van der Waals surface area contributed by atoms with E-state index in [1.165, 1.54) is 0 Å². The van der Waals surface area contributed by atoms with Crippen molar-refractivity contribution in [2.45, 2.75) is 39.2 Å². The third-order valence-corrected chi connectivity index (χ3v) is 4.45. The summed E-state index contributed by atoms with van der Waals surface area (Å²) >= 11 is 0. The number of oxazole rings is 1. The van der Waals surface area contributed by atoms with E-state index >= 15 is 0 Å². The number of aromatic nitrogens is 2. The number of nitriles is 1. The van der Waals surface area contributed by atoms with E-state index in [1.54, 1.807) is 6.20 Å². The second kappa shape index (κ2) is 7.24. The van der Waals surface area contributed by atoms with Crippen LogP contribution in [0.1, 0.15) is 44.4 Å². The van der Waals surface area contributed by atoms with Gasteiger partial charge in [0.05, 0.1) is 18.3 Å². The molecule has 6 heteroatoms. The van der Waals surface area contributed by atoms with Crippen molar-refractivity contribution in [3.63, 3.8) is 0 Å². The maximum atomic E-state index is 9.29. The maximum Gasteiger partial charge on any atom is 0.208 e. The lowest BCUT2D eigenvalue weighted by Crippen LogP contribution is -2.31. The Bertz CT molecular complexity index is 756. The zero-order valence-electron chi connectivity index (χ0n) is 15.2. The second-order valence-electron chi connectivity index (χ2n) is 7.47. The van der Waals surface area contributed by atoms with Crippen LogP contribution in [0.15, 0.2) is 28.9 Å². The lowest BCUT2D eigenvalue weighted by atomic mass is 9.94. The molecular weight excluding hydrogens is 314 g/mol. The topological polar surface area (TPSA) is 69.2 Å². The summed E-state index contributed by atoms with van der Waals surface area (Å²) in [6.07, 6.45) is 4.61. The van der Waals surface area contributed by atoms with Crippen molar-refractivity contribution in [1.82, 2.24) is 14.9 Å². The highest BCUT2D eigenvalue weighted by Gasteiger charge is 2.22. The highest BCUT2D eigenvalue weighted by Crippen LogP contribution is 2.23. The number of hydrogen-bond donors (Lipinski definition) is 0. The number of nitrogens with zero attached hydrogens (tertiary/aromatic N) is 5. The van der Waals surface area contributed by atoms with Crippen LogP contribution in [-0.4, -0.2) is 41.0 Å². The number of anilines is 1. The van der Waals surface area contributed by atoms with Crippen LogP contribution in [0.4, 0.5) is 5.82 Å². The molecule has 3 heterocycles. The first-order chi connectivity index (χ1) is 12.0. The van der Waals surface area contributed by atoms with Crippen LogP contribution in [0, 0.1) is 11.3 Å². The zero-order valence-corrected chi connectivity index (χ0v) is 15.2. The van der Waals surface area contributed by atoms with Gasteiger partial charge in [-0.2, -0.15) is 5.26 Å². The minimum absolute atomic E-state index is 0.0203. The van der Waals surface area contributed by atoms with Crippen molar-refractivity contribution >= 4 is 5.82 Å². The summed E-state index contributed by atoms with van der Waals surface area (Å²) in [5.74, 6) is 2.48. The fraction of sp³-hybridized carbons (Fsp3) is 0.526. The van der Waals surface area contributed by atoms with Gasteiger partial charge in [-0.25, -0.2) is 9.97 Å². The van der Waals surface area contributed by atoms with E-state index in [0.29, 0.717) is 5.56 Å². The first kappa shape index (κ1) is 17.4. The second-order valence-corrected chi connectivity index (χ2v) is 7.47. The van der Waals surface area contributed by atoms with Crippen molar-refractivity contribution in [3.8, 4) is 6.07 Å². The highest BCUT2D eigenvalue weighted by molar-refractivity contribution is 5.53. The molecule has 3 rings (SSSR count). The van der Waals surface area contributed by atoms with Gasteiger partial charge in [-0.15, -0.1) is 0 Å². The van der Waals surface area contributed by atoms with Gasteiger partial charge < -0.3 is 9.32 Å². The molecule has 1 aliphatic heterocycles. The molecule has 0 spiro atoms. The van der Waals surface area contributed by atoms with Gasteiger partial charge in [0.2, 0.25) is 5.89 Å². The van der Waals surface area contributed by atoms with Gasteiger partial charge in [-0.3, -0.25) is 4.90 Å². The standard InChI is InChI=1S/C19H25N5O/c1-19(2,3)16-13-22-17(25-16)14-23-8-5-9-24(11-10-23)18-15(12-20)6-4-7-21-18/h4,6-7,13H,5,8-11,14H2,1-3H3. The van der Waals surface area contributed by atoms with Gasteiger partial charge in [-0.1, -0.05) is 20.8 Å². The normalized spacial score (nSPS) is 16.5. The van der Waals surface area contributed by atoms with Gasteiger partial charge in [0.25, 0.3) is 0 Å². The molecule has 1 saturated heterocycles. The first-order valence-corrected chi connectivity index (χ1v) is 8.75. The van der Waals surface area contributed by atoms with E-state index in [9.17, 15) is 5.26 Å². The van der Waals surface area contributed by atoms with Crippen molar-refractivity contribution < 1.29 is 4.42 Å². The molecule has 0 unspecified atom stereocenters. The molecule has 0 aliphatic carbocycles. The first-order valence-electron chi connectivity index (χ1n) is 8.75. The lowest BCUT2D eigenvalue weighted by Gasteiger charge is -2.22. The summed E-state index contributed by atoms with van der Waals surface area (Å²) < 4.78 is 5.92. The molecule has 2 aromatic heterocycles. The summed E-state index contributed by atoms with van der Waals surface area (Å²) in [6.45, 7) is 10.7. The van der Waals surface area contributed by atoms with E-state index < -0.39 is 0 Å². The molecule has 2 aromatic rings. The molecule has 0 radical (unpaired) electrons. The van der Waals surface area contributed by atoms with Crippen LogP contribution in [0.5, 0.6) is 0 Å². The Hall–Kier alpha value is -2.39. The molecule has 6 nitrogen and oxygen atoms in total. The Morgan fingerprint density at radius 1 is 1.20 bits per heavy atom. The van der Waals surface area contributed by atoms with Crippen molar-refractivity contribution in [2.24, 2.45) is 0 Å². The van der Waals surface area contributed by atoms with E-state index in [-0.39, 0.29) is 5.41 Å². The van der Waals surface area contributed by atoms with Crippen molar-refractivity contribution in [1.29, 1.82) is 5.26 Å². The van der Waals surface area contributed by atoms with Gasteiger partial charge in [0.15, 0.2) is 0 Å². The molecule has 0 aromatic carbocycles. The minimum atomic E-state index is -0.0203. The van der Waals surface area contributed by atoms with Crippen LogP contribution >= 0.6 is 0 Å². The molecule has 0 N–H and O–H groups in total. The number of hydrogen-bond acceptors (Lipinski definition) is 6. The van der Waals surface area contributed by atoms with Gasteiger partial charge >= 0.3 is 0 Å². The number of pyridine rings is 1. The molecule has 132 valence electrons. The molecule has 0 amide bonds. The Morgan fingerprint density at radius 2 is 2.04 bits per heavy atom. The van der Waals surface area contributed by atoms with Crippen molar-refractivity contribution in [2.75, 3.05) is 31.1 Å². The summed E-state index contributed by atoms with van der Waals surface area (Å²) in [5, 5.41) is 9.29. The minimum Gasteiger partial charge on any atom is -0.444 e. The Kier molecular flexibility index (Phi) is 5.05. The van der Waals surface area contributed by atoms with Crippen LogP contribution in [0.25, 0.3) is 0 Å². The lowest BCUT2D eigenvalue weighted by molar-refractivity contribution is 0.247. The van der Waals surface area contributed by atoms with Crippen LogP contribution in [0.2, 0.25) is 0 Å². The maximum absolute atomic E-state index is 9.29. The average molecular weight is 339 g/mol. The summed E-state index contributed by atoms with van der Waals surface area (Å²) in [6, 6.07) is 5.87. The largest absolute Gasteiger partial charge is 0.444 e. The predicted octanol–water partition coefficient (Wildman–Crippen LogP) is 2.95. The molecule has 1 fully saturated rings. The third-order valence-electron chi connectivity index (χ3n) is 4.45. The third kappa shape index (κ3) is 4.18. The zero-order chi connectivity index (χ0) is 17.9. The molecule has 1 aliphatic rings. The van der Waals surface area contributed by atoms with E-state index in [4.69, 9.17) is 4.42 Å². The smallest absolute Gasteiger partial charge is 0.208 e. The average Bonchev–Trinajstić information content (AvgIpc) is 2.94. The quantitative estimate of drug-likeness (QED) is 0.856. The van der Waals surface area contributed by atoms with Crippen LogP contribution in [-0.2, 0) is 12.0 Å². The summed E-state index contributed by atoms with van der Waals surface area (Å²) in [7, 11) is 0. The van der Waals surface area contributed by atoms with Crippen LogP contribution < -0.4 is 4.90 Å². The van der Waals surface area contributed by atoms with Gasteiger partial charge in [0.1, 0.15) is 17.6 Å². The highest BCUT2D eigenvalue weighted by atomic mass is 16.4. The summed E-state index contributed by atoms with van der Waals surface area (Å²) in [5.41, 5.74) is 0.617. The molecule has 0 saturated carbocycles. The molecule has 0 bridgehead atoms. The van der Waals surface area contributed by atoms with E-state index in [2.05, 4.69) is 46.6 Å². The fourth-order valence-electron chi connectivity index (χ4n) is 3.00. The predicted molar refractivity (Wildman–Crippen MR) is 96.3 cm³/mol.